The summed E-state index contributed by atoms with van der Waals surface area (Å²) in [7, 11) is 0. The van der Waals surface area contributed by atoms with Gasteiger partial charge in [0.05, 0.1) is 11.3 Å². The van der Waals surface area contributed by atoms with Gasteiger partial charge in [-0.2, -0.15) is 13.2 Å². The van der Waals surface area contributed by atoms with Crippen molar-refractivity contribution in [1.82, 2.24) is 5.32 Å². The lowest BCUT2D eigenvalue weighted by Crippen LogP contribution is -2.54. The maximum Gasteiger partial charge on any atom is 0.416 e. The second-order valence-corrected chi connectivity index (χ2v) is 9.29. The molecule has 1 saturated heterocycles. The molecule has 9 heteroatoms. The molecule has 0 spiro atoms. The number of hydrogen-bond donors (Lipinski definition) is 1. The lowest BCUT2D eigenvalue weighted by Gasteiger charge is -2.32. The Morgan fingerprint density at radius 1 is 0.973 bits per heavy atom. The number of nitrogens with zero attached hydrogens (tertiary/aromatic N) is 2. The van der Waals surface area contributed by atoms with Crippen molar-refractivity contribution in [1.29, 1.82) is 0 Å². The summed E-state index contributed by atoms with van der Waals surface area (Å²) < 4.78 is 39.7. The van der Waals surface area contributed by atoms with Crippen LogP contribution < -0.4 is 15.1 Å². The van der Waals surface area contributed by atoms with Gasteiger partial charge in [0.25, 0.3) is 11.8 Å². The van der Waals surface area contributed by atoms with Crippen LogP contribution in [0.1, 0.15) is 28.7 Å². The quantitative estimate of drug-likeness (QED) is 0.280. The van der Waals surface area contributed by atoms with Crippen LogP contribution in [-0.2, 0) is 28.7 Å². The van der Waals surface area contributed by atoms with Crippen molar-refractivity contribution < 1.29 is 22.8 Å². The van der Waals surface area contributed by atoms with Crippen molar-refractivity contribution >= 4 is 46.6 Å². The van der Waals surface area contributed by atoms with Gasteiger partial charge in [0.2, 0.25) is 0 Å². The van der Waals surface area contributed by atoms with Crippen LogP contribution in [0.3, 0.4) is 0 Å². The average Bonchev–Trinajstić information content (AvgIpc) is 2.87. The lowest BCUT2D eigenvalue weighted by molar-refractivity contribution is -0.137. The Morgan fingerprint density at radius 3 is 2.51 bits per heavy atom. The fraction of sp³-hybridized carbons (Fsp3) is 0.179. The molecule has 0 bridgehead atoms. The zero-order valence-corrected chi connectivity index (χ0v) is 20.4. The van der Waals surface area contributed by atoms with E-state index < -0.39 is 23.6 Å². The number of amides is 2. The van der Waals surface area contributed by atoms with Crippen molar-refractivity contribution in [3.05, 3.63) is 101 Å². The second-order valence-electron chi connectivity index (χ2n) is 8.90. The predicted molar refractivity (Wildman–Crippen MR) is 140 cm³/mol. The molecular formula is C28H22F3N3O2S. The third-order valence-corrected chi connectivity index (χ3v) is 6.66. The zero-order chi connectivity index (χ0) is 26.2. The van der Waals surface area contributed by atoms with Gasteiger partial charge in [0, 0.05) is 18.8 Å². The summed E-state index contributed by atoms with van der Waals surface area (Å²) in [5.41, 5.74) is 2.86. The predicted octanol–water partition coefficient (Wildman–Crippen LogP) is 5.49. The van der Waals surface area contributed by atoms with E-state index in [4.69, 9.17) is 12.2 Å². The normalized spacial score (nSPS) is 17.2. The second kappa shape index (κ2) is 9.82. The maximum absolute atomic E-state index is 13.3. The SMILES string of the molecule is O=C1NC(=S)N(c2cccc(C(F)(F)F)c2)C(=O)/C1=C/c1ccc2c(c1)CCCN2Cc1ccccc1. The van der Waals surface area contributed by atoms with Gasteiger partial charge in [-0.05, 0) is 78.2 Å². The number of thiocarbonyl (C=S) groups is 1. The third kappa shape index (κ3) is 5.13. The first kappa shape index (κ1) is 24.7. The first-order chi connectivity index (χ1) is 17.7. The number of rotatable bonds is 4. The molecule has 2 amide bonds. The number of aryl methyl sites for hydroxylation is 1. The average molecular weight is 522 g/mol. The van der Waals surface area contributed by atoms with E-state index in [1.807, 2.05) is 36.4 Å². The molecule has 3 aromatic rings. The standard InChI is InChI=1S/C28H22F3N3O2S/c29-28(30,31)21-9-4-10-22(16-21)34-26(36)23(25(35)32-27(34)37)15-19-11-12-24-20(14-19)8-5-13-33(24)17-18-6-2-1-3-7-18/h1-4,6-7,9-12,14-16H,5,8,13,17H2,(H,32,35,37)/b23-15+. The van der Waals surface area contributed by atoms with Crippen LogP contribution in [0.15, 0.2) is 78.4 Å². The minimum atomic E-state index is -4.59. The van der Waals surface area contributed by atoms with Gasteiger partial charge in [-0.25, -0.2) is 0 Å². The van der Waals surface area contributed by atoms with Crippen molar-refractivity contribution in [3.63, 3.8) is 0 Å². The van der Waals surface area contributed by atoms with Crippen LogP contribution in [-0.4, -0.2) is 23.5 Å². The number of carbonyl (C=O) groups is 2. The van der Waals surface area contributed by atoms with Crippen LogP contribution in [0.2, 0.25) is 0 Å². The fourth-order valence-electron chi connectivity index (χ4n) is 4.63. The summed E-state index contributed by atoms with van der Waals surface area (Å²) in [5, 5.41) is 2.15. The highest BCUT2D eigenvalue weighted by molar-refractivity contribution is 7.80. The van der Waals surface area contributed by atoms with Crippen molar-refractivity contribution in [2.45, 2.75) is 25.6 Å². The van der Waals surface area contributed by atoms with E-state index in [1.165, 1.54) is 23.8 Å². The smallest absolute Gasteiger partial charge is 0.367 e. The lowest BCUT2D eigenvalue weighted by atomic mass is 9.97. The number of alkyl halides is 3. The van der Waals surface area contributed by atoms with Crippen LogP contribution in [0.5, 0.6) is 0 Å². The summed E-state index contributed by atoms with van der Waals surface area (Å²) in [5.74, 6) is -1.47. The van der Waals surface area contributed by atoms with Gasteiger partial charge in [0.1, 0.15) is 5.57 Å². The Labute approximate surface area is 217 Å². The minimum Gasteiger partial charge on any atom is -0.367 e. The van der Waals surface area contributed by atoms with E-state index in [-0.39, 0.29) is 16.4 Å². The Hall–Kier alpha value is -3.98. The molecule has 5 rings (SSSR count). The van der Waals surface area contributed by atoms with Crippen LogP contribution in [0.4, 0.5) is 24.5 Å². The van der Waals surface area contributed by atoms with Crippen molar-refractivity contribution in [3.8, 4) is 0 Å². The van der Waals surface area contributed by atoms with Crippen molar-refractivity contribution in [2.75, 3.05) is 16.3 Å². The molecule has 1 N–H and O–H groups in total. The number of hydrogen-bond acceptors (Lipinski definition) is 4. The molecule has 2 heterocycles. The minimum absolute atomic E-state index is 0.0716. The molecular weight excluding hydrogens is 499 g/mol. The molecule has 188 valence electrons. The highest BCUT2D eigenvalue weighted by Gasteiger charge is 2.36. The van der Waals surface area contributed by atoms with Crippen LogP contribution in [0, 0.1) is 0 Å². The molecule has 3 aromatic carbocycles. The first-order valence-electron chi connectivity index (χ1n) is 11.7. The highest BCUT2D eigenvalue weighted by atomic mass is 32.1. The molecule has 0 unspecified atom stereocenters. The molecule has 0 aliphatic carbocycles. The zero-order valence-electron chi connectivity index (χ0n) is 19.6. The van der Waals surface area contributed by atoms with E-state index in [2.05, 4.69) is 22.3 Å². The molecule has 2 aliphatic rings. The monoisotopic (exact) mass is 521 g/mol. The summed E-state index contributed by atoms with van der Waals surface area (Å²) >= 11 is 5.12. The van der Waals surface area contributed by atoms with E-state index in [9.17, 15) is 22.8 Å². The van der Waals surface area contributed by atoms with Gasteiger partial charge in [-0.3, -0.25) is 19.8 Å². The Balaban J connectivity index is 1.44. The molecule has 0 aromatic heterocycles. The number of fused-ring (bicyclic) bond motifs is 1. The molecule has 0 radical (unpaired) electrons. The third-order valence-electron chi connectivity index (χ3n) is 6.38. The number of benzene rings is 3. The Bertz CT molecular complexity index is 1420. The molecule has 5 nitrogen and oxygen atoms in total. The van der Waals surface area contributed by atoms with Crippen LogP contribution >= 0.6 is 12.2 Å². The number of nitrogens with one attached hydrogen (secondary N) is 1. The first-order valence-corrected chi connectivity index (χ1v) is 12.1. The van der Waals surface area contributed by atoms with Crippen LogP contribution in [0.25, 0.3) is 6.08 Å². The molecule has 37 heavy (non-hydrogen) atoms. The van der Waals surface area contributed by atoms with E-state index >= 15 is 0 Å². The number of anilines is 2. The van der Waals surface area contributed by atoms with Gasteiger partial charge in [0.15, 0.2) is 5.11 Å². The van der Waals surface area contributed by atoms with Gasteiger partial charge >= 0.3 is 6.18 Å². The van der Waals surface area contributed by atoms with Crippen molar-refractivity contribution in [2.24, 2.45) is 0 Å². The molecule has 2 aliphatic heterocycles. The maximum atomic E-state index is 13.3. The van der Waals surface area contributed by atoms with E-state index in [0.29, 0.717) is 5.56 Å². The Kier molecular flexibility index (Phi) is 6.55. The molecule has 0 atom stereocenters. The molecule has 0 saturated carbocycles. The van der Waals surface area contributed by atoms with E-state index in [1.54, 1.807) is 0 Å². The van der Waals surface area contributed by atoms with Gasteiger partial charge < -0.3 is 4.90 Å². The van der Waals surface area contributed by atoms with Gasteiger partial charge in [-0.1, -0.05) is 42.5 Å². The highest BCUT2D eigenvalue weighted by Crippen LogP contribution is 2.33. The van der Waals surface area contributed by atoms with Gasteiger partial charge in [-0.15, -0.1) is 0 Å². The topological polar surface area (TPSA) is 52.7 Å². The Morgan fingerprint density at radius 2 is 1.76 bits per heavy atom. The number of halogens is 3. The fourth-order valence-corrected chi connectivity index (χ4v) is 4.91. The summed E-state index contributed by atoms with van der Waals surface area (Å²) in [6, 6.07) is 20.2. The van der Waals surface area contributed by atoms with E-state index in [0.717, 1.165) is 54.2 Å². The summed E-state index contributed by atoms with van der Waals surface area (Å²) in [4.78, 5) is 29.2. The largest absolute Gasteiger partial charge is 0.416 e. The molecule has 1 fully saturated rings. The summed E-state index contributed by atoms with van der Waals surface area (Å²) in [6.45, 7) is 1.70. The number of carbonyl (C=O) groups excluding carboxylic acids is 2. The summed E-state index contributed by atoms with van der Waals surface area (Å²) in [6.07, 6.45) is -1.30.